The summed E-state index contributed by atoms with van der Waals surface area (Å²) in [7, 11) is 0. The van der Waals surface area contributed by atoms with Crippen molar-refractivity contribution >= 4 is 0 Å². The fraction of sp³-hybridized carbons (Fsp3) is 0. The Morgan fingerprint density at radius 1 is 1.17 bits per heavy atom. The second-order valence-electron chi connectivity index (χ2n) is 0.0816. The van der Waals surface area contributed by atoms with Crippen LogP contribution in [0.1, 0.15) is 0 Å². The molecule has 0 unspecified atom stereocenters. The van der Waals surface area contributed by atoms with Gasteiger partial charge < -0.3 is 0 Å². The van der Waals surface area contributed by atoms with Gasteiger partial charge in [-0.15, -0.1) is 0 Å². The van der Waals surface area contributed by atoms with Gasteiger partial charge in [0.2, 0.25) is 0 Å². The summed E-state index contributed by atoms with van der Waals surface area (Å²) in [6.07, 6.45) is 0. The molecule has 0 saturated carbocycles. The normalized spacial score (nSPS) is 1.33. The van der Waals surface area contributed by atoms with Gasteiger partial charge in [0.15, 0.2) is 4.91 Å². The predicted molar refractivity (Wildman–Crippen MR) is 16.4 cm³/mol. The van der Waals surface area contributed by atoms with E-state index in [0.29, 0.717) is 0 Å². The van der Waals surface area contributed by atoms with Crippen molar-refractivity contribution in [2.24, 2.45) is 0 Å². The highest BCUT2D eigenvalue weighted by Crippen LogP contribution is 0.905. The van der Waals surface area contributed by atoms with Crippen LogP contribution in [0.4, 0.5) is 14.1 Å². The van der Waals surface area contributed by atoms with Crippen molar-refractivity contribution in [3.63, 3.8) is 0 Å². The van der Waals surface area contributed by atoms with Gasteiger partial charge in [-0.05, 0) is 0 Å². The van der Waals surface area contributed by atoms with Crippen molar-refractivity contribution in [1.82, 2.24) is 4.97 Å². The van der Waals surface area contributed by atoms with Gasteiger partial charge in [-0.25, -0.2) is 0 Å². The SMILES string of the molecule is F.F.F.[N-]=[N+]=O. The van der Waals surface area contributed by atoms with Gasteiger partial charge in [-0.1, -0.05) is 0 Å². The predicted octanol–water partition coefficient (Wildman–Crippen LogP) is 0.299. The molecule has 0 aliphatic heterocycles. The summed E-state index contributed by atoms with van der Waals surface area (Å²) in [4.78, 5) is 9.36. The summed E-state index contributed by atoms with van der Waals surface area (Å²) >= 11 is 0. The fourth-order valence-electron chi connectivity index (χ4n) is 0. The number of hydrogen-bond donors (Lipinski definition) is 0. The van der Waals surface area contributed by atoms with E-state index in [-0.39, 0.29) is 14.1 Å². The second kappa shape index (κ2) is 3940. The zero-order valence-corrected chi connectivity index (χ0v) is 2.53. The molecule has 0 heterocycles. The number of rotatable bonds is 0. The molecule has 0 saturated heterocycles. The molecule has 0 atom stereocenters. The van der Waals surface area contributed by atoms with Crippen molar-refractivity contribution in [3.05, 3.63) is 10.4 Å². The Labute approximate surface area is 30.9 Å². The van der Waals surface area contributed by atoms with E-state index in [9.17, 15) is 0 Å². The van der Waals surface area contributed by atoms with E-state index >= 15 is 0 Å². The van der Waals surface area contributed by atoms with Crippen LogP contribution in [0.3, 0.4) is 0 Å². The lowest BCUT2D eigenvalue weighted by Gasteiger charge is -0.999. The molecule has 0 aromatic rings. The van der Waals surface area contributed by atoms with Crippen molar-refractivity contribution in [3.8, 4) is 0 Å². The Kier molecular flexibility index (Phi) is 46500. The molecule has 6 heteroatoms. The third-order valence-corrected chi connectivity index (χ3v) is 0. The van der Waals surface area contributed by atoms with Crippen LogP contribution in [0.2, 0.25) is 0 Å². The highest BCUT2D eigenvalue weighted by Gasteiger charge is 1.06. The molecule has 0 fully saturated rings. The minimum atomic E-state index is 0. The largest absolute Gasteiger partial charge is 0.294 e. The van der Waals surface area contributed by atoms with E-state index in [2.05, 4.69) is 0 Å². The fourth-order valence-corrected chi connectivity index (χ4v) is 0. The number of nitrogens with zero attached hydrogens (tertiary/aromatic N) is 2. The maximum Gasteiger partial charge on any atom is 0.151 e. The van der Waals surface area contributed by atoms with Crippen LogP contribution in [-0.4, -0.2) is 0 Å². The lowest BCUT2D eigenvalue weighted by molar-refractivity contribution is 1.11. The number of nitroso groups, excluding NO2 is 1. The quantitative estimate of drug-likeness (QED) is 0.322. The Hall–Kier alpha value is -0.900. The average Bonchev–Trinajstić information content (AvgIpc) is 0.918. The molecule has 0 radical (unpaired) electrons. The summed E-state index contributed by atoms with van der Waals surface area (Å²) in [6, 6.07) is 0. The molecule has 0 aliphatic rings. The molecule has 3 nitrogen and oxygen atoms in total. The van der Waals surface area contributed by atoms with Crippen LogP contribution >= 0.6 is 0 Å². The second-order valence-corrected chi connectivity index (χ2v) is 0.0816. The van der Waals surface area contributed by atoms with Gasteiger partial charge in [0.25, 0.3) is 0 Å². The van der Waals surface area contributed by atoms with Gasteiger partial charge >= 0.3 is 0 Å². The number of halogens is 3. The first kappa shape index (κ1) is 70.9. The molecule has 0 bridgehead atoms. The molecule has 0 aliphatic carbocycles. The zero-order valence-electron chi connectivity index (χ0n) is 2.53. The van der Waals surface area contributed by atoms with Crippen molar-refractivity contribution in [1.29, 1.82) is 0 Å². The maximum atomic E-state index is 8.11. The van der Waals surface area contributed by atoms with E-state index < -0.39 is 0 Å². The lowest BCUT2D eigenvalue weighted by Crippen LogP contribution is -1.21. The highest BCUT2D eigenvalue weighted by atomic mass is 19.0. The van der Waals surface area contributed by atoms with Gasteiger partial charge in [-0.3, -0.25) is 19.6 Å². The van der Waals surface area contributed by atoms with E-state index in [4.69, 9.17) is 10.4 Å². The van der Waals surface area contributed by atoms with E-state index in [1.807, 2.05) is 0 Å². The summed E-state index contributed by atoms with van der Waals surface area (Å²) < 4.78 is 0. The van der Waals surface area contributed by atoms with Crippen LogP contribution in [0, 0.1) is 4.91 Å². The van der Waals surface area contributed by atoms with Crippen molar-refractivity contribution < 1.29 is 14.1 Å². The maximum absolute atomic E-state index is 8.11. The highest BCUT2D eigenvalue weighted by molar-refractivity contribution is 3.92. The van der Waals surface area contributed by atoms with Crippen molar-refractivity contribution in [2.45, 2.75) is 0 Å². The van der Waals surface area contributed by atoms with E-state index in [0.717, 1.165) is 0 Å². The monoisotopic (exact) mass is 104 g/mol. The Balaban J connectivity index is -0.00000000667. The summed E-state index contributed by atoms with van der Waals surface area (Å²) in [5.41, 5.74) is 6.64. The van der Waals surface area contributed by atoms with Gasteiger partial charge in [0.1, 0.15) is 4.97 Å². The third kappa shape index (κ3) is 16.9. The molecule has 0 spiro atoms. The van der Waals surface area contributed by atoms with Crippen LogP contribution in [0.25, 0.3) is 5.53 Å². The minimum absolute atomic E-state index is 0. The first-order valence-corrected chi connectivity index (χ1v) is 0.383. The summed E-state index contributed by atoms with van der Waals surface area (Å²) in [5.74, 6) is 0. The molecule has 0 aromatic heterocycles. The molecule has 0 aromatic carbocycles. The molecular formula is H3F3N2O. The van der Waals surface area contributed by atoms with Crippen LogP contribution in [0.5, 0.6) is 0 Å². The molecule has 0 N–H and O–H groups in total. The molecule has 6 heavy (non-hydrogen) atoms. The topological polar surface area (TPSA) is 53.5 Å². The Bertz CT molecular complexity index is 29.8. The molecule has 0 rings (SSSR count). The smallest absolute Gasteiger partial charge is 0.151 e. The average molecular weight is 104 g/mol. The molecule has 0 amide bonds. The minimum Gasteiger partial charge on any atom is -0.294 e. The van der Waals surface area contributed by atoms with Crippen LogP contribution in [-0.2, 0) is 0 Å². The zero-order chi connectivity index (χ0) is 2.71. The van der Waals surface area contributed by atoms with Crippen LogP contribution in [0.15, 0.2) is 0 Å². The van der Waals surface area contributed by atoms with Gasteiger partial charge in [0, 0.05) is 0 Å². The Morgan fingerprint density at radius 3 is 1.17 bits per heavy atom. The number of hydrogen-bond acceptors (Lipinski definition) is 1. The van der Waals surface area contributed by atoms with Crippen LogP contribution < -0.4 is 4.97 Å². The third-order valence-electron chi connectivity index (χ3n) is 0. The molecular weight excluding hydrogens is 101 g/mol. The summed E-state index contributed by atoms with van der Waals surface area (Å²) in [5, 5.41) is 0. The van der Waals surface area contributed by atoms with Gasteiger partial charge in [0.05, 0.1) is 0 Å². The first-order chi connectivity index (χ1) is 1.41. The lowest BCUT2D eigenvalue weighted by atomic mass is 13.2. The molecule has 40 valence electrons. The summed E-state index contributed by atoms with van der Waals surface area (Å²) in [6.45, 7) is 0. The standard InChI is InChI=1S/3FH.N2O/c;;;1-2-3/h3*1H;. The van der Waals surface area contributed by atoms with Crippen molar-refractivity contribution in [2.75, 3.05) is 0 Å². The Morgan fingerprint density at radius 2 is 1.17 bits per heavy atom. The van der Waals surface area contributed by atoms with Gasteiger partial charge in [-0.2, -0.15) is 0 Å². The van der Waals surface area contributed by atoms with E-state index in [1.165, 1.54) is 4.97 Å². The first-order valence-electron chi connectivity index (χ1n) is 0.383. The van der Waals surface area contributed by atoms with E-state index in [1.54, 1.807) is 0 Å².